The third kappa shape index (κ3) is 1.86. The first-order chi connectivity index (χ1) is 7.15. The summed E-state index contributed by atoms with van der Waals surface area (Å²) in [5.74, 6) is 0.119. The summed E-state index contributed by atoms with van der Waals surface area (Å²) in [6, 6.07) is 0. The van der Waals surface area contributed by atoms with Gasteiger partial charge in [0.2, 0.25) is 0 Å². The van der Waals surface area contributed by atoms with E-state index in [4.69, 9.17) is 12.6 Å². The van der Waals surface area contributed by atoms with Crippen LogP contribution in [0, 0.1) is 13.8 Å². The highest BCUT2D eigenvalue weighted by molar-refractivity contribution is 7.12. The van der Waals surface area contributed by atoms with Crippen molar-refractivity contribution < 1.29 is 9.84 Å². The number of ether oxygens (including phenoxy) is 1. The Morgan fingerprint density at radius 3 is 2.67 bits per heavy atom. The summed E-state index contributed by atoms with van der Waals surface area (Å²) >= 11 is 1.76. The highest BCUT2D eigenvalue weighted by Gasteiger charge is 2.31. The van der Waals surface area contributed by atoms with Crippen LogP contribution in [0.15, 0.2) is 0 Å². The van der Waals surface area contributed by atoms with Gasteiger partial charge in [0.15, 0.2) is 0 Å². The number of aliphatic hydroxyl groups is 1. The van der Waals surface area contributed by atoms with Crippen LogP contribution in [-0.2, 0) is 11.1 Å². The molecule has 1 fully saturated rings. The molecular weight excluding hydrogens is 207 g/mol. The van der Waals surface area contributed by atoms with Crippen LogP contribution in [0.1, 0.15) is 26.8 Å². The van der Waals surface area contributed by atoms with Crippen LogP contribution in [0.25, 0.3) is 0 Å². The first kappa shape index (κ1) is 11.2. The van der Waals surface area contributed by atoms with Crippen molar-refractivity contribution >= 4 is 19.2 Å². The molecule has 1 aliphatic heterocycles. The lowest BCUT2D eigenvalue weighted by Gasteiger charge is -2.15. The van der Waals surface area contributed by atoms with E-state index in [1.54, 1.807) is 11.3 Å². The van der Waals surface area contributed by atoms with Gasteiger partial charge < -0.3 is 9.84 Å². The van der Waals surface area contributed by atoms with E-state index < -0.39 is 0 Å². The van der Waals surface area contributed by atoms with Crippen molar-refractivity contribution in [3.8, 4) is 0 Å². The third-order valence-electron chi connectivity index (χ3n) is 3.06. The zero-order chi connectivity index (χ0) is 11.0. The van der Waals surface area contributed by atoms with Crippen LogP contribution < -0.4 is 0 Å². The number of thiophene rings is 1. The van der Waals surface area contributed by atoms with E-state index in [-0.39, 0.29) is 12.0 Å². The summed E-state index contributed by atoms with van der Waals surface area (Å²) in [6.45, 7) is 5.25. The number of aryl methyl sites for hydroxylation is 2. The molecule has 4 heteroatoms. The molecule has 1 aliphatic rings. The Balaban J connectivity index is 2.41. The molecule has 0 unspecified atom stereocenters. The molecule has 0 aromatic carbocycles. The topological polar surface area (TPSA) is 29.5 Å². The van der Waals surface area contributed by atoms with Crippen molar-refractivity contribution in [2.75, 3.05) is 13.2 Å². The first-order valence-corrected chi connectivity index (χ1v) is 6.01. The Hall–Kier alpha value is -0.315. The Labute approximate surface area is 95.7 Å². The van der Waals surface area contributed by atoms with Crippen molar-refractivity contribution in [2.45, 2.75) is 32.2 Å². The van der Waals surface area contributed by atoms with Gasteiger partial charge in [-0.3, -0.25) is 0 Å². The number of hydrogen-bond acceptors (Lipinski definition) is 3. The first-order valence-electron chi connectivity index (χ1n) is 5.19. The minimum Gasteiger partial charge on any atom is -0.390 e. The van der Waals surface area contributed by atoms with Gasteiger partial charge in [0.1, 0.15) is 0 Å². The van der Waals surface area contributed by atoms with Gasteiger partial charge in [-0.1, -0.05) is 6.32 Å². The minimum atomic E-state index is -0.372. The predicted octanol–water partition coefficient (Wildman–Crippen LogP) is 1.51. The number of rotatable bonds is 2. The standard InChI is InChI=1S/C11H15BO2S/c1-6-8(3-12)11(7(2)15-6)9-4-14-5-10(9)13/h9-10,13H,3-5H2,1-2H3/t9-,10-/m0/s1. The van der Waals surface area contributed by atoms with Gasteiger partial charge >= 0.3 is 0 Å². The second kappa shape index (κ2) is 4.28. The molecule has 1 aromatic heterocycles. The maximum Gasteiger partial charge on any atom is 0.0864 e. The van der Waals surface area contributed by atoms with E-state index >= 15 is 0 Å². The van der Waals surface area contributed by atoms with Crippen LogP contribution >= 0.6 is 11.3 Å². The average Bonchev–Trinajstić information content (AvgIpc) is 2.70. The number of hydrogen-bond donors (Lipinski definition) is 1. The molecule has 2 rings (SSSR count). The van der Waals surface area contributed by atoms with Crippen LogP contribution in [0.3, 0.4) is 0 Å². The van der Waals surface area contributed by atoms with Crippen molar-refractivity contribution in [1.29, 1.82) is 0 Å². The van der Waals surface area contributed by atoms with E-state index in [0.29, 0.717) is 19.5 Å². The van der Waals surface area contributed by atoms with Gasteiger partial charge in [-0.25, -0.2) is 0 Å². The smallest absolute Gasteiger partial charge is 0.0864 e. The Morgan fingerprint density at radius 1 is 1.40 bits per heavy atom. The largest absolute Gasteiger partial charge is 0.390 e. The summed E-state index contributed by atoms with van der Waals surface area (Å²) in [4.78, 5) is 2.53. The van der Waals surface area contributed by atoms with E-state index in [0.717, 1.165) is 0 Å². The van der Waals surface area contributed by atoms with Crippen LogP contribution in [0.2, 0.25) is 0 Å². The summed E-state index contributed by atoms with van der Waals surface area (Å²) in [7, 11) is 5.76. The molecular formula is C11H15BO2S. The molecule has 0 spiro atoms. The summed E-state index contributed by atoms with van der Waals surface area (Å²) in [5.41, 5.74) is 2.43. The highest BCUT2D eigenvalue weighted by atomic mass is 32.1. The molecule has 1 aromatic rings. The molecule has 2 nitrogen and oxygen atoms in total. The Bertz CT molecular complexity index is 362. The van der Waals surface area contributed by atoms with Gasteiger partial charge in [-0.15, -0.1) is 11.3 Å². The van der Waals surface area contributed by atoms with Gasteiger partial charge in [-0.2, -0.15) is 0 Å². The lowest BCUT2D eigenvalue weighted by molar-refractivity contribution is 0.124. The summed E-state index contributed by atoms with van der Waals surface area (Å²) in [6.07, 6.45) is 0.178. The van der Waals surface area contributed by atoms with Gasteiger partial charge in [0.05, 0.1) is 27.2 Å². The molecule has 2 atom stereocenters. The average molecular weight is 222 g/mol. The molecule has 0 saturated carbocycles. The van der Waals surface area contributed by atoms with E-state index in [1.807, 2.05) is 0 Å². The Morgan fingerprint density at radius 2 is 2.13 bits per heavy atom. The molecule has 0 bridgehead atoms. The molecule has 2 heterocycles. The SMILES string of the molecule is [B]Cc1c(C)sc(C)c1[C@H]1COC[C@@H]1O. The second-order valence-electron chi connectivity index (χ2n) is 4.02. The quantitative estimate of drug-likeness (QED) is 0.768. The molecule has 15 heavy (non-hydrogen) atoms. The van der Waals surface area contributed by atoms with Gasteiger partial charge in [0, 0.05) is 15.7 Å². The van der Waals surface area contributed by atoms with Crippen molar-refractivity contribution in [2.24, 2.45) is 0 Å². The summed E-state index contributed by atoms with van der Waals surface area (Å²) < 4.78 is 5.30. The lowest BCUT2D eigenvalue weighted by Crippen LogP contribution is -2.17. The van der Waals surface area contributed by atoms with Crippen molar-refractivity contribution in [3.63, 3.8) is 0 Å². The number of aliphatic hydroxyl groups excluding tert-OH is 1. The van der Waals surface area contributed by atoms with Crippen LogP contribution in [0.5, 0.6) is 0 Å². The molecule has 80 valence electrons. The zero-order valence-electron chi connectivity index (χ0n) is 9.12. The van der Waals surface area contributed by atoms with E-state index in [2.05, 4.69) is 13.8 Å². The normalized spacial score (nSPS) is 26.1. The van der Waals surface area contributed by atoms with Crippen LogP contribution in [0.4, 0.5) is 0 Å². The molecule has 0 aliphatic carbocycles. The van der Waals surface area contributed by atoms with Crippen LogP contribution in [-0.4, -0.2) is 32.3 Å². The lowest BCUT2D eigenvalue weighted by atomic mass is 9.86. The van der Waals surface area contributed by atoms with Crippen molar-refractivity contribution in [3.05, 3.63) is 20.9 Å². The zero-order valence-corrected chi connectivity index (χ0v) is 9.93. The maximum absolute atomic E-state index is 9.83. The monoisotopic (exact) mass is 222 g/mol. The molecule has 1 N–H and O–H groups in total. The van der Waals surface area contributed by atoms with E-state index in [9.17, 15) is 5.11 Å². The molecule has 1 saturated heterocycles. The summed E-state index contributed by atoms with van der Waals surface area (Å²) in [5, 5.41) is 9.83. The Kier molecular flexibility index (Phi) is 3.19. The fourth-order valence-corrected chi connectivity index (χ4v) is 3.47. The fraction of sp³-hybridized carbons (Fsp3) is 0.636. The van der Waals surface area contributed by atoms with Crippen molar-refractivity contribution in [1.82, 2.24) is 0 Å². The van der Waals surface area contributed by atoms with E-state index in [1.165, 1.54) is 20.9 Å². The molecule has 0 amide bonds. The molecule has 2 radical (unpaired) electrons. The highest BCUT2D eigenvalue weighted by Crippen LogP contribution is 2.37. The minimum absolute atomic E-state index is 0.119. The second-order valence-corrected chi connectivity index (χ2v) is 5.45. The maximum atomic E-state index is 9.83. The fourth-order valence-electron chi connectivity index (χ4n) is 2.31. The third-order valence-corrected chi connectivity index (χ3v) is 4.14. The predicted molar refractivity (Wildman–Crippen MR) is 62.8 cm³/mol. The van der Waals surface area contributed by atoms with Gasteiger partial charge in [-0.05, 0) is 25.0 Å². The van der Waals surface area contributed by atoms with Gasteiger partial charge in [0.25, 0.3) is 0 Å².